The number of imide groups is 2. The number of aromatic hydroxyl groups is 1. The molecule has 2 aromatic carbocycles. The molecular weight excluding hydrogens is 671 g/mol. The zero-order valence-corrected chi connectivity index (χ0v) is 29.0. The Labute approximate surface area is 290 Å². The van der Waals surface area contributed by atoms with Crippen LogP contribution in [0.25, 0.3) is 20.7 Å². The molecule has 4 aliphatic rings. The number of nitrogens with zero attached hydrogens (tertiary/aromatic N) is 4. The largest absolute Gasteiger partial charge is 0.508 e. The number of amides is 4. The Hall–Kier alpha value is -3.99. The number of carbonyl (C=O) groups is 4. The molecule has 2 saturated heterocycles. The fourth-order valence-electron chi connectivity index (χ4n) is 8.92. The molecule has 1 saturated carbocycles. The van der Waals surface area contributed by atoms with Gasteiger partial charge in [-0.2, -0.15) is 5.10 Å². The van der Waals surface area contributed by atoms with E-state index in [-0.39, 0.29) is 47.4 Å². The third-order valence-electron chi connectivity index (χ3n) is 11.2. The van der Waals surface area contributed by atoms with E-state index < -0.39 is 35.0 Å². The minimum Gasteiger partial charge on any atom is -0.508 e. The second-order valence-electron chi connectivity index (χ2n) is 13.5. The van der Waals surface area contributed by atoms with Crippen LogP contribution in [0.4, 0.5) is 5.82 Å². The molecule has 4 amide bonds. The van der Waals surface area contributed by atoms with Gasteiger partial charge in [0, 0.05) is 40.3 Å². The molecule has 6 atom stereocenters. The predicted molar refractivity (Wildman–Crippen MR) is 184 cm³/mol. The first-order valence-corrected chi connectivity index (χ1v) is 17.6. The summed E-state index contributed by atoms with van der Waals surface area (Å²) < 4.78 is 2.61. The van der Waals surface area contributed by atoms with Gasteiger partial charge in [0.25, 0.3) is 0 Å². The molecule has 12 heteroatoms. The number of aryl methyl sites for hydroxylation is 2. The van der Waals surface area contributed by atoms with Crippen molar-refractivity contribution in [3.63, 3.8) is 0 Å². The van der Waals surface area contributed by atoms with Crippen molar-refractivity contribution in [2.45, 2.75) is 39.5 Å². The van der Waals surface area contributed by atoms with E-state index in [1.165, 1.54) is 21.9 Å². The van der Waals surface area contributed by atoms with E-state index in [4.69, 9.17) is 28.3 Å². The minimum absolute atomic E-state index is 0.0256. The van der Waals surface area contributed by atoms with Crippen molar-refractivity contribution >= 4 is 74.1 Å². The van der Waals surface area contributed by atoms with Crippen LogP contribution < -0.4 is 4.90 Å². The van der Waals surface area contributed by atoms with Gasteiger partial charge in [0.2, 0.25) is 23.6 Å². The normalized spacial score (nSPS) is 28.3. The van der Waals surface area contributed by atoms with E-state index in [1.807, 2.05) is 38.1 Å². The Morgan fingerprint density at radius 2 is 1.79 bits per heavy atom. The number of carbonyl (C=O) groups excluding carboxylic acids is 4. The Kier molecular flexibility index (Phi) is 7.01. The number of phenols is 1. The molecule has 246 valence electrons. The second-order valence-corrected chi connectivity index (χ2v) is 15.4. The van der Waals surface area contributed by atoms with E-state index in [9.17, 15) is 24.3 Å². The van der Waals surface area contributed by atoms with Crippen molar-refractivity contribution in [1.82, 2.24) is 14.7 Å². The number of hydrogen-bond acceptors (Lipinski definition) is 7. The molecule has 0 spiro atoms. The first-order valence-electron chi connectivity index (χ1n) is 16.0. The number of aromatic nitrogens is 2. The Morgan fingerprint density at radius 3 is 2.52 bits per heavy atom. The lowest BCUT2D eigenvalue weighted by Gasteiger charge is -2.49. The third kappa shape index (κ3) is 4.12. The fourth-order valence-corrected chi connectivity index (χ4v) is 10.5. The summed E-state index contributed by atoms with van der Waals surface area (Å²) in [4.78, 5) is 60.0. The highest BCUT2D eigenvalue weighted by Crippen LogP contribution is 2.64. The first-order chi connectivity index (χ1) is 22.9. The molecular formula is C36H32Cl2N4O5S. The molecule has 2 aromatic heterocycles. The molecule has 0 bridgehead atoms. The van der Waals surface area contributed by atoms with E-state index >= 15 is 0 Å². The van der Waals surface area contributed by atoms with Gasteiger partial charge in [-0.3, -0.25) is 28.8 Å². The highest BCUT2D eigenvalue weighted by molar-refractivity contribution is 7.22. The molecule has 0 radical (unpaired) electrons. The molecule has 4 heterocycles. The van der Waals surface area contributed by atoms with Gasteiger partial charge in [-0.1, -0.05) is 40.9 Å². The van der Waals surface area contributed by atoms with E-state index in [0.717, 1.165) is 26.1 Å². The first kappa shape index (κ1) is 31.3. The summed E-state index contributed by atoms with van der Waals surface area (Å²) in [5.41, 5.74) is 1.81. The molecule has 0 unspecified atom stereocenters. The summed E-state index contributed by atoms with van der Waals surface area (Å²) >= 11 is 14.7. The molecule has 1 N–H and O–H groups in total. The zero-order chi connectivity index (χ0) is 34.0. The minimum atomic E-state index is -1.27. The van der Waals surface area contributed by atoms with Crippen LogP contribution in [-0.4, -0.2) is 50.0 Å². The lowest BCUT2D eigenvalue weighted by Crippen LogP contribution is -2.49. The van der Waals surface area contributed by atoms with E-state index in [0.29, 0.717) is 28.5 Å². The van der Waals surface area contributed by atoms with Crippen LogP contribution in [0.3, 0.4) is 0 Å². The average molecular weight is 704 g/mol. The standard InChI is InChI=1S/C36H32Cl2N4O5S/c1-5-41-32(44)21-10-9-19-23(29(21)34(41)46)14-24-33(45)42(35(47)36(24,3)30(19)20-8-7-18(43)13-25(20)38)28-15-26(39-40(28)4)31-16(2)22-12-17(37)6-11-27(22)48-31/h6-9,11-13,15,21,23-24,29-30,43H,5,10,14H2,1-4H3/t21-,23+,24-,29-,30+,36+/m0/s1. The lowest BCUT2D eigenvalue weighted by molar-refractivity contribution is -0.140. The smallest absolute Gasteiger partial charge is 0.242 e. The lowest BCUT2D eigenvalue weighted by atomic mass is 9.51. The molecule has 2 aliphatic heterocycles. The quantitative estimate of drug-likeness (QED) is 0.183. The van der Waals surface area contributed by atoms with Crippen LogP contribution in [-0.2, 0) is 26.2 Å². The van der Waals surface area contributed by atoms with Gasteiger partial charge in [0.05, 0.1) is 28.0 Å². The number of allylic oxidation sites excluding steroid dienone is 2. The summed E-state index contributed by atoms with van der Waals surface area (Å²) in [5.74, 6) is -3.88. The van der Waals surface area contributed by atoms with Gasteiger partial charge in [0.15, 0.2) is 0 Å². The van der Waals surface area contributed by atoms with Gasteiger partial charge in [-0.15, -0.1) is 11.3 Å². The molecule has 8 rings (SSSR count). The number of phenolic OH excluding ortho intramolecular Hbond substituents is 1. The number of halogens is 2. The molecule has 4 aromatic rings. The van der Waals surface area contributed by atoms with Crippen molar-refractivity contribution in [2.24, 2.45) is 36.1 Å². The van der Waals surface area contributed by atoms with Crippen molar-refractivity contribution < 1.29 is 24.3 Å². The topological polar surface area (TPSA) is 113 Å². The van der Waals surface area contributed by atoms with Crippen molar-refractivity contribution in [1.29, 1.82) is 0 Å². The number of rotatable bonds is 4. The van der Waals surface area contributed by atoms with Gasteiger partial charge in [-0.05, 0) is 86.4 Å². The molecule has 2 aliphatic carbocycles. The molecule has 3 fully saturated rings. The Morgan fingerprint density at radius 1 is 1.02 bits per heavy atom. The highest BCUT2D eigenvalue weighted by atomic mass is 35.5. The maximum atomic E-state index is 14.9. The number of hydrogen-bond donors (Lipinski definition) is 1. The van der Waals surface area contributed by atoms with Crippen molar-refractivity contribution in [2.75, 3.05) is 11.4 Å². The van der Waals surface area contributed by atoms with Gasteiger partial charge >= 0.3 is 0 Å². The van der Waals surface area contributed by atoms with Crippen LogP contribution in [0.1, 0.15) is 43.7 Å². The van der Waals surface area contributed by atoms with Crippen LogP contribution in [0.15, 0.2) is 54.1 Å². The van der Waals surface area contributed by atoms with E-state index in [2.05, 4.69) is 0 Å². The number of fused-ring (bicyclic) bond motifs is 5. The molecule has 9 nitrogen and oxygen atoms in total. The van der Waals surface area contributed by atoms with Crippen LogP contribution in [0, 0.1) is 36.0 Å². The Balaban J connectivity index is 1.26. The predicted octanol–water partition coefficient (Wildman–Crippen LogP) is 6.87. The summed E-state index contributed by atoms with van der Waals surface area (Å²) in [6, 6.07) is 12.2. The maximum Gasteiger partial charge on any atom is 0.242 e. The summed E-state index contributed by atoms with van der Waals surface area (Å²) in [6.07, 6.45) is 2.60. The number of likely N-dealkylation sites (tertiary alicyclic amines) is 1. The van der Waals surface area contributed by atoms with Gasteiger partial charge in [0.1, 0.15) is 17.3 Å². The average Bonchev–Trinajstić information content (AvgIpc) is 3.71. The van der Waals surface area contributed by atoms with Crippen LogP contribution >= 0.6 is 34.5 Å². The van der Waals surface area contributed by atoms with Crippen LogP contribution in [0.5, 0.6) is 5.75 Å². The number of thiophene rings is 1. The van der Waals surface area contributed by atoms with Crippen molar-refractivity contribution in [3.05, 3.63) is 75.3 Å². The monoisotopic (exact) mass is 702 g/mol. The summed E-state index contributed by atoms with van der Waals surface area (Å²) in [5, 5.41) is 16.9. The zero-order valence-electron chi connectivity index (χ0n) is 26.7. The SMILES string of the molecule is CCN1C(=O)[C@H]2[C@H](CC=C3[C@H]2C[C@H]2C(=O)N(c4cc(-c5sc6ccc(Cl)cc6c5C)nn4C)C(=O)[C@@]2(C)[C@H]3c2ccc(O)cc2Cl)C1=O. The summed E-state index contributed by atoms with van der Waals surface area (Å²) in [7, 11) is 1.71. The maximum absolute atomic E-state index is 14.9. The Bertz CT molecular complexity index is 2150. The molecule has 48 heavy (non-hydrogen) atoms. The summed E-state index contributed by atoms with van der Waals surface area (Å²) in [6.45, 7) is 5.88. The van der Waals surface area contributed by atoms with Crippen molar-refractivity contribution in [3.8, 4) is 16.3 Å². The van der Waals surface area contributed by atoms with E-state index in [1.54, 1.807) is 42.1 Å². The fraction of sp³-hybridized carbons (Fsp3) is 0.361. The number of anilines is 1. The number of benzene rings is 2. The van der Waals surface area contributed by atoms with Crippen LogP contribution in [0.2, 0.25) is 10.0 Å². The second kappa shape index (κ2) is 10.8. The van der Waals surface area contributed by atoms with Gasteiger partial charge < -0.3 is 5.11 Å². The highest BCUT2D eigenvalue weighted by Gasteiger charge is 2.68. The third-order valence-corrected chi connectivity index (χ3v) is 13.1. The van der Waals surface area contributed by atoms with Gasteiger partial charge in [-0.25, -0.2) is 4.90 Å².